The summed E-state index contributed by atoms with van der Waals surface area (Å²) in [5.41, 5.74) is 2.43. The molecule has 5 heteroatoms. The summed E-state index contributed by atoms with van der Waals surface area (Å²) in [4.78, 5) is 15.4. The van der Waals surface area contributed by atoms with E-state index in [1.54, 1.807) is 24.1 Å². The number of hydrogen-bond acceptors (Lipinski definition) is 3. The molecule has 0 saturated carbocycles. The van der Waals surface area contributed by atoms with Crippen LogP contribution in [0.5, 0.6) is 0 Å². The summed E-state index contributed by atoms with van der Waals surface area (Å²) in [6.45, 7) is 4.48. The van der Waals surface area contributed by atoms with Gasteiger partial charge in [-0.2, -0.15) is 0 Å². The van der Waals surface area contributed by atoms with Crippen LogP contribution in [0.1, 0.15) is 48.4 Å². The van der Waals surface area contributed by atoms with Gasteiger partial charge in [-0.05, 0) is 24.6 Å². The lowest BCUT2D eigenvalue weighted by atomic mass is 10.1. The molecule has 0 radical (unpaired) electrons. The molecular formula is C23H27NO3S. The molecule has 1 aromatic heterocycles. The third-order valence-electron chi connectivity index (χ3n) is 4.91. The van der Waals surface area contributed by atoms with E-state index in [1.807, 2.05) is 43.3 Å². The average molecular weight is 398 g/mol. The number of furan rings is 1. The Bertz CT molecular complexity index is 992. The van der Waals surface area contributed by atoms with Crippen molar-refractivity contribution < 1.29 is 13.4 Å². The Balaban J connectivity index is 1.92. The number of para-hydroxylation sites is 1. The monoisotopic (exact) mass is 397 g/mol. The number of nitrogens with zero attached hydrogens (tertiary/aromatic N) is 1. The molecule has 1 amide bonds. The number of carbonyl (C=O) groups is 1. The maximum atomic E-state index is 13.1. The number of benzene rings is 2. The fourth-order valence-corrected chi connectivity index (χ4v) is 4.32. The van der Waals surface area contributed by atoms with Crippen LogP contribution in [0.4, 0.5) is 0 Å². The van der Waals surface area contributed by atoms with Crippen LogP contribution in [0.15, 0.2) is 57.8 Å². The van der Waals surface area contributed by atoms with E-state index in [1.165, 1.54) is 0 Å². The zero-order valence-corrected chi connectivity index (χ0v) is 17.6. The molecule has 1 atom stereocenters. The highest BCUT2D eigenvalue weighted by molar-refractivity contribution is 7.85. The molecule has 4 nitrogen and oxygen atoms in total. The molecule has 2 aromatic carbocycles. The number of carbonyl (C=O) groups excluding carboxylic acids is 1. The summed E-state index contributed by atoms with van der Waals surface area (Å²) < 4.78 is 18.4. The number of fused-ring (bicyclic) bond motifs is 1. The third kappa shape index (κ3) is 4.20. The van der Waals surface area contributed by atoms with Crippen LogP contribution in [-0.4, -0.2) is 27.8 Å². The first kappa shape index (κ1) is 20.3. The van der Waals surface area contributed by atoms with E-state index in [0.29, 0.717) is 22.8 Å². The second kappa shape index (κ2) is 9.20. The molecular weight excluding hydrogens is 370 g/mol. The van der Waals surface area contributed by atoms with Crippen LogP contribution in [0.2, 0.25) is 0 Å². The maximum absolute atomic E-state index is 13.1. The normalized spacial score (nSPS) is 12.2. The molecule has 148 valence electrons. The lowest BCUT2D eigenvalue weighted by Gasteiger charge is -2.19. The Kier molecular flexibility index (Phi) is 6.68. The molecule has 0 aliphatic carbocycles. The molecule has 0 spiro atoms. The molecule has 0 bridgehead atoms. The van der Waals surface area contributed by atoms with Gasteiger partial charge in [0.1, 0.15) is 11.3 Å². The van der Waals surface area contributed by atoms with E-state index in [-0.39, 0.29) is 5.91 Å². The molecule has 1 heterocycles. The first-order valence-corrected chi connectivity index (χ1v) is 11.1. The standard InChI is InChI=1S/C23H27NO3S/c1-4-6-13-21-19(17-11-7-9-14-20(17)27-21)16-24(3)23(25)18-12-8-10-15-22(18)28(26)5-2/h7-12,14-15H,4-6,13,16H2,1-3H3. The first-order chi connectivity index (χ1) is 13.6. The van der Waals surface area contributed by atoms with Gasteiger partial charge >= 0.3 is 0 Å². The van der Waals surface area contributed by atoms with E-state index in [0.717, 1.165) is 41.6 Å². The highest BCUT2D eigenvalue weighted by Gasteiger charge is 2.21. The van der Waals surface area contributed by atoms with Crippen molar-refractivity contribution in [1.82, 2.24) is 4.90 Å². The van der Waals surface area contributed by atoms with Crippen molar-refractivity contribution in [3.05, 3.63) is 65.4 Å². The zero-order chi connectivity index (χ0) is 20.1. The van der Waals surface area contributed by atoms with Crippen molar-refractivity contribution in [2.45, 2.75) is 44.6 Å². The summed E-state index contributed by atoms with van der Waals surface area (Å²) in [5.74, 6) is 1.32. The fraction of sp³-hybridized carbons (Fsp3) is 0.348. The summed E-state index contributed by atoms with van der Waals surface area (Å²) in [7, 11) is 0.616. The quantitative estimate of drug-likeness (QED) is 0.526. The van der Waals surface area contributed by atoms with E-state index >= 15 is 0 Å². The predicted molar refractivity (Wildman–Crippen MR) is 114 cm³/mol. The first-order valence-electron chi connectivity index (χ1n) is 9.78. The van der Waals surface area contributed by atoms with E-state index < -0.39 is 10.8 Å². The Morgan fingerprint density at radius 1 is 1.07 bits per heavy atom. The van der Waals surface area contributed by atoms with E-state index in [2.05, 4.69) is 6.92 Å². The molecule has 0 fully saturated rings. The maximum Gasteiger partial charge on any atom is 0.255 e. The summed E-state index contributed by atoms with van der Waals surface area (Å²) >= 11 is 0. The van der Waals surface area contributed by atoms with Crippen LogP contribution in [-0.2, 0) is 23.8 Å². The minimum atomic E-state index is -1.17. The second-order valence-corrected chi connectivity index (χ2v) is 8.60. The molecule has 0 N–H and O–H groups in total. The SMILES string of the molecule is CCCCc1oc2ccccc2c1CN(C)C(=O)c1ccccc1S(=O)CC. The van der Waals surface area contributed by atoms with Gasteiger partial charge in [0.2, 0.25) is 0 Å². The largest absolute Gasteiger partial charge is 0.461 e. The topological polar surface area (TPSA) is 50.5 Å². The van der Waals surface area contributed by atoms with Crippen LogP contribution < -0.4 is 0 Å². The Morgan fingerprint density at radius 2 is 1.79 bits per heavy atom. The fourth-order valence-electron chi connectivity index (χ4n) is 3.37. The van der Waals surface area contributed by atoms with E-state index in [9.17, 15) is 9.00 Å². The van der Waals surface area contributed by atoms with Crippen molar-refractivity contribution >= 4 is 27.7 Å². The third-order valence-corrected chi connectivity index (χ3v) is 6.28. The van der Waals surface area contributed by atoms with Gasteiger partial charge in [0.25, 0.3) is 5.91 Å². The van der Waals surface area contributed by atoms with Crippen LogP contribution >= 0.6 is 0 Å². The highest BCUT2D eigenvalue weighted by atomic mass is 32.2. The molecule has 0 saturated heterocycles. The minimum absolute atomic E-state index is 0.121. The van der Waals surface area contributed by atoms with Gasteiger partial charge in [0.15, 0.2) is 0 Å². The Hall–Kier alpha value is -2.40. The van der Waals surface area contributed by atoms with Crippen LogP contribution in [0, 0.1) is 0 Å². The van der Waals surface area contributed by atoms with Crippen molar-refractivity contribution in [3.8, 4) is 0 Å². The lowest BCUT2D eigenvalue weighted by Crippen LogP contribution is -2.27. The number of hydrogen-bond donors (Lipinski definition) is 0. The van der Waals surface area contributed by atoms with Crippen LogP contribution in [0.25, 0.3) is 11.0 Å². The number of rotatable bonds is 8. The van der Waals surface area contributed by atoms with Gasteiger partial charge in [-0.3, -0.25) is 9.00 Å². The van der Waals surface area contributed by atoms with Gasteiger partial charge < -0.3 is 9.32 Å². The van der Waals surface area contributed by atoms with Crippen molar-refractivity contribution in [2.75, 3.05) is 12.8 Å². The summed E-state index contributed by atoms with van der Waals surface area (Å²) in [6, 6.07) is 15.1. The van der Waals surface area contributed by atoms with Gasteiger partial charge in [-0.1, -0.05) is 50.6 Å². The zero-order valence-electron chi connectivity index (χ0n) is 16.7. The van der Waals surface area contributed by atoms with E-state index in [4.69, 9.17) is 4.42 Å². The molecule has 0 aliphatic rings. The van der Waals surface area contributed by atoms with Crippen molar-refractivity contribution in [3.63, 3.8) is 0 Å². The lowest BCUT2D eigenvalue weighted by molar-refractivity contribution is 0.0781. The van der Waals surface area contributed by atoms with Crippen molar-refractivity contribution in [1.29, 1.82) is 0 Å². The second-order valence-electron chi connectivity index (χ2n) is 6.90. The van der Waals surface area contributed by atoms with Gasteiger partial charge in [-0.15, -0.1) is 0 Å². The number of amides is 1. The average Bonchev–Trinajstić information content (AvgIpc) is 3.08. The number of aryl methyl sites for hydroxylation is 1. The van der Waals surface area contributed by atoms with Crippen LogP contribution in [0.3, 0.4) is 0 Å². The smallest absolute Gasteiger partial charge is 0.255 e. The highest BCUT2D eigenvalue weighted by Crippen LogP contribution is 2.29. The molecule has 1 unspecified atom stereocenters. The minimum Gasteiger partial charge on any atom is -0.461 e. The van der Waals surface area contributed by atoms with Gasteiger partial charge in [0.05, 0.1) is 21.3 Å². The van der Waals surface area contributed by atoms with Gasteiger partial charge in [-0.25, -0.2) is 0 Å². The molecule has 28 heavy (non-hydrogen) atoms. The van der Waals surface area contributed by atoms with Crippen molar-refractivity contribution in [2.24, 2.45) is 0 Å². The Labute approximate surface area is 169 Å². The summed E-state index contributed by atoms with van der Waals surface area (Å²) in [6.07, 6.45) is 2.99. The summed E-state index contributed by atoms with van der Waals surface area (Å²) in [5, 5.41) is 1.05. The number of unbranched alkanes of at least 4 members (excludes halogenated alkanes) is 1. The Morgan fingerprint density at radius 3 is 2.54 bits per heavy atom. The molecule has 0 aliphatic heterocycles. The molecule has 3 rings (SSSR count). The molecule has 3 aromatic rings. The predicted octanol–water partition coefficient (Wildman–Crippen LogP) is 5.18. The van der Waals surface area contributed by atoms with Gasteiger partial charge in [0, 0.05) is 36.7 Å².